The Bertz CT molecular complexity index is 1070. The van der Waals surface area contributed by atoms with Crippen molar-refractivity contribution in [2.45, 2.75) is 25.6 Å². The molecule has 1 unspecified atom stereocenters. The van der Waals surface area contributed by atoms with Gasteiger partial charge in [0.25, 0.3) is 0 Å². The number of benzene rings is 2. The molecule has 0 radical (unpaired) electrons. The van der Waals surface area contributed by atoms with E-state index in [0.717, 1.165) is 22.5 Å². The third-order valence-corrected chi connectivity index (χ3v) is 5.26. The van der Waals surface area contributed by atoms with Crippen LogP contribution in [-0.2, 0) is 31.4 Å². The summed E-state index contributed by atoms with van der Waals surface area (Å²) in [5.41, 5.74) is 4.74. The molecule has 30 heavy (non-hydrogen) atoms. The zero-order valence-corrected chi connectivity index (χ0v) is 16.8. The van der Waals surface area contributed by atoms with Gasteiger partial charge in [-0.2, -0.15) is 5.26 Å². The Morgan fingerprint density at radius 2 is 2.13 bits per heavy atom. The Morgan fingerprint density at radius 1 is 1.30 bits per heavy atom. The molecule has 2 heterocycles. The maximum atomic E-state index is 12.4. The van der Waals surface area contributed by atoms with Gasteiger partial charge in [-0.05, 0) is 35.7 Å². The number of imidazole rings is 1. The van der Waals surface area contributed by atoms with Crippen LogP contribution in [-0.4, -0.2) is 28.2 Å². The number of nitriles is 1. The molecule has 1 aromatic heterocycles. The largest absolute Gasteiger partial charge is 0.445 e. The molecule has 0 spiro atoms. The number of nitrogens with zero attached hydrogens (tertiary/aromatic N) is 4. The van der Waals surface area contributed by atoms with Crippen LogP contribution < -0.4 is 10.2 Å². The van der Waals surface area contributed by atoms with Gasteiger partial charge in [0.05, 0.1) is 36.2 Å². The van der Waals surface area contributed by atoms with Crippen molar-refractivity contribution in [1.29, 1.82) is 5.26 Å². The molecule has 3 aromatic rings. The zero-order chi connectivity index (χ0) is 20.9. The first-order valence-corrected chi connectivity index (χ1v) is 9.83. The number of alkyl carbamates (subject to hydrolysis) is 1. The van der Waals surface area contributed by atoms with E-state index in [-0.39, 0.29) is 12.6 Å². The lowest BCUT2D eigenvalue weighted by Crippen LogP contribution is -2.48. The van der Waals surface area contributed by atoms with Crippen LogP contribution in [0, 0.1) is 11.3 Å². The van der Waals surface area contributed by atoms with Gasteiger partial charge in [-0.3, -0.25) is 0 Å². The maximum Gasteiger partial charge on any atom is 0.407 e. The Balaban J connectivity index is 1.48. The first-order valence-electron chi connectivity index (χ1n) is 9.83. The van der Waals surface area contributed by atoms with Gasteiger partial charge in [-0.1, -0.05) is 30.3 Å². The fourth-order valence-electron chi connectivity index (χ4n) is 3.73. The van der Waals surface area contributed by atoms with Crippen molar-refractivity contribution in [3.05, 3.63) is 83.4 Å². The number of aryl methyl sites for hydroxylation is 1. The lowest BCUT2D eigenvalue weighted by Gasteiger charge is -2.36. The maximum absolute atomic E-state index is 12.4. The summed E-state index contributed by atoms with van der Waals surface area (Å²) in [5.74, 6) is 0. The Morgan fingerprint density at radius 3 is 2.87 bits per heavy atom. The number of hydrogen-bond donors (Lipinski definition) is 1. The number of carbonyl (C=O) groups is 1. The molecule has 0 fully saturated rings. The summed E-state index contributed by atoms with van der Waals surface area (Å²) < 4.78 is 7.37. The Kier molecular flexibility index (Phi) is 5.66. The molecule has 0 bridgehead atoms. The van der Waals surface area contributed by atoms with E-state index in [1.165, 1.54) is 0 Å². The summed E-state index contributed by atoms with van der Waals surface area (Å²) in [5, 5.41) is 12.3. The molecule has 1 aliphatic rings. The molecule has 7 nitrogen and oxygen atoms in total. The monoisotopic (exact) mass is 401 g/mol. The van der Waals surface area contributed by atoms with E-state index in [2.05, 4.69) is 21.3 Å². The number of nitrogens with one attached hydrogen (secondary N) is 1. The SMILES string of the molecule is Cn1cncc1CN1CC(NC(=O)OCc2ccccc2)Cc2cc(C#N)ccc21. The predicted octanol–water partition coefficient (Wildman–Crippen LogP) is 3.15. The number of rotatable bonds is 5. The molecule has 7 heteroatoms. The normalized spacial score (nSPS) is 15.2. The number of carbonyl (C=O) groups excluding carboxylic acids is 1. The number of hydrogen-bond acceptors (Lipinski definition) is 5. The van der Waals surface area contributed by atoms with E-state index in [1.54, 1.807) is 6.33 Å². The number of fused-ring (bicyclic) bond motifs is 1. The van der Waals surface area contributed by atoms with Crippen LogP contribution in [0.15, 0.2) is 61.1 Å². The molecule has 1 N–H and O–H groups in total. The van der Waals surface area contributed by atoms with Crippen molar-refractivity contribution in [1.82, 2.24) is 14.9 Å². The van der Waals surface area contributed by atoms with Gasteiger partial charge in [0.2, 0.25) is 0 Å². The van der Waals surface area contributed by atoms with Gasteiger partial charge in [0, 0.05) is 25.5 Å². The lowest BCUT2D eigenvalue weighted by molar-refractivity contribution is 0.135. The second kappa shape index (κ2) is 8.70. The summed E-state index contributed by atoms with van der Waals surface area (Å²) >= 11 is 0. The van der Waals surface area contributed by atoms with Crippen molar-refractivity contribution in [3.63, 3.8) is 0 Å². The van der Waals surface area contributed by atoms with Crippen molar-refractivity contribution in [3.8, 4) is 6.07 Å². The molecule has 1 amide bonds. The molecule has 2 aromatic carbocycles. The molecule has 0 saturated carbocycles. The van der Waals surface area contributed by atoms with Crippen LogP contribution in [0.4, 0.5) is 10.5 Å². The van der Waals surface area contributed by atoms with Crippen LogP contribution >= 0.6 is 0 Å². The van der Waals surface area contributed by atoms with Crippen LogP contribution in [0.2, 0.25) is 0 Å². The highest BCUT2D eigenvalue weighted by atomic mass is 16.5. The average Bonchev–Trinajstić information content (AvgIpc) is 3.17. The van der Waals surface area contributed by atoms with E-state index in [9.17, 15) is 10.1 Å². The highest BCUT2D eigenvalue weighted by Gasteiger charge is 2.27. The summed E-state index contributed by atoms with van der Waals surface area (Å²) in [6.07, 6.45) is 3.82. The quantitative estimate of drug-likeness (QED) is 0.710. The second-order valence-corrected chi connectivity index (χ2v) is 7.44. The fraction of sp³-hybridized carbons (Fsp3) is 0.261. The highest BCUT2D eigenvalue weighted by molar-refractivity contribution is 5.68. The van der Waals surface area contributed by atoms with Crippen molar-refractivity contribution < 1.29 is 9.53 Å². The fourth-order valence-corrected chi connectivity index (χ4v) is 3.73. The molecule has 1 aliphatic heterocycles. The second-order valence-electron chi connectivity index (χ2n) is 7.44. The average molecular weight is 401 g/mol. The summed E-state index contributed by atoms with van der Waals surface area (Å²) in [6.45, 7) is 1.53. The summed E-state index contributed by atoms with van der Waals surface area (Å²) in [4.78, 5) is 18.8. The van der Waals surface area contributed by atoms with E-state index in [4.69, 9.17) is 4.74 Å². The number of aromatic nitrogens is 2. The Labute approximate surface area is 175 Å². The van der Waals surface area contributed by atoms with E-state index >= 15 is 0 Å². The van der Waals surface area contributed by atoms with Gasteiger partial charge in [0.15, 0.2) is 0 Å². The molecule has 4 rings (SSSR count). The first-order chi connectivity index (χ1) is 14.6. The van der Waals surface area contributed by atoms with E-state index in [1.807, 2.05) is 66.3 Å². The molecule has 0 saturated heterocycles. The Hall–Kier alpha value is -3.79. The van der Waals surface area contributed by atoms with Crippen molar-refractivity contribution in [2.24, 2.45) is 7.05 Å². The highest BCUT2D eigenvalue weighted by Crippen LogP contribution is 2.29. The molecule has 1 atom stereocenters. The minimum absolute atomic E-state index is 0.122. The zero-order valence-electron chi connectivity index (χ0n) is 16.8. The molecular formula is C23H23N5O2. The van der Waals surface area contributed by atoms with Crippen molar-refractivity contribution >= 4 is 11.8 Å². The first kappa shape index (κ1) is 19.5. The molecule has 152 valence electrons. The summed E-state index contributed by atoms with van der Waals surface area (Å²) in [7, 11) is 1.96. The third-order valence-electron chi connectivity index (χ3n) is 5.26. The van der Waals surface area contributed by atoms with Gasteiger partial charge in [-0.25, -0.2) is 9.78 Å². The van der Waals surface area contributed by atoms with Crippen LogP contribution in [0.1, 0.15) is 22.4 Å². The topological polar surface area (TPSA) is 83.2 Å². The van der Waals surface area contributed by atoms with Gasteiger partial charge >= 0.3 is 6.09 Å². The number of anilines is 1. The minimum Gasteiger partial charge on any atom is -0.445 e. The van der Waals surface area contributed by atoms with Crippen molar-refractivity contribution in [2.75, 3.05) is 11.4 Å². The molecule has 0 aliphatic carbocycles. The third kappa shape index (κ3) is 4.44. The van der Waals surface area contributed by atoms with Gasteiger partial charge < -0.3 is 19.5 Å². The minimum atomic E-state index is -0.441. The van der Waals surface area contributed by atoms with E-state index < -0.39 is 6.09 Å². The smallest absolute Gasteiger partial charge is 0.407 e. The van der Waals surface area contributed by atoms with Crippen LogP contribution in [0.25, 0.3) is 0 Å². The predicted molar refractivity (Wildman–Crippen MR) is 113 cm³/mol. The van der Waals surface area contributed by atoms with Crippen LogP contribution in [0.5, 0.6) is 0 Å². The van der Waals surface area contributed by atoms with Gasteiger partial charge in [-0.15, -0.1) is 0 Å². The number of ether oxygens (including phenoxy) is 1. The summed E-state index contributed by atoms with van der Waals surface area (Å²) in [6, 6.07) is 17.4. The molecular weight excluding hydrogens is 378 g/mol. The standard InChI is InChI=1S/C23H23N5O2/c1-27-16-25-12-21(27)14-28-13-20(10-19-9-18(11-24)7-8-22(19)28)26-23(29)30-15-17-5-3-2-4-6-17/h2-9,12,16,20H,10,13-15H2,1H3,(H,26,29). The van der Waals surface area contributed by atoms with Gasteiger partial charge in [0.1, 0.15) is 6.61 Å². The van der Waals surface area contributed by atoms with Crippen LogP contribution in [0.3, 0.4) is 0 Å². The van der Waals surface area contributed by atoms with E-state index in [0.29, 0.717) is 25.1 Å². The lowest BCUT2D eigenvalue weighted by atomic mass is 9.96. The number of amides is 1.